The number of nitrogens with one attached hydrogen (secondary N) is 1. The number of nitrogens with zero attached hydrogens (tertiary/aromatic N) is 4. The Labute approximate surface area is 144 Å². The van der Waals surface area contributed by atoms with E-state index in [-0.39, 0.29) is 12.1 Å². The number of aryl methyl sites for hydroxylation is 1. The lowest BCUT2D eigenvalue weighted by Gasteiger charge is -2.32. The van der Waals surface area contributed by atoms with Crippen LogP contribution in [0.3, 0.4) is 0 Å². The summed E-state index contributed by atoms with van der Waals surface area (Å²) in [6.07, 6.45) is 6.77. The van der Waals surface area contributed by atoms with E-state index in [1.807, 2.05) is 28.9 Å². The molecule has 2 amide bonds. The Balaban J connectivity index is 1.41. The van der Waals surface area contributed by atoms with Gasteiger partial charge in [0.25, 0.3) is 0 Å². The molecule has 2 aliphatic heterocycles. The molecule has 0 radical (unpaired) electrons. The number of piperidine rings is 1. The highest BCUT2D eigenvalue weighted by Gasteiger charge is 2.26. The Kier molecular flexibility index (Phi) is 4.24. The molecule has 0 aliphatic carbocycles. The average molecular weight is 347 g/mol. The van der Waals surface area contributed by atoms with E-state index in [9.17, 15) is 4.79 Å². The first-order valence-electron chi connectivity index (χ1n) is 8.32. The average Bonchev–Trinajstić information content (AvgIpc) is 3.20. The second-order valence-corrected chi connectivity index (χ2v) is 7.45. The first-order chi connectivity index (χ1) is 11.7. The molecule has 2 aromatic rings. The first kappa shape index (κ1) is 15.6. The van der Waals surface area contributed by atoms with Gasteiger partial charge < -0.3 is 9.64 Å². The van der Waals surface area contributed by atoms with Gasteiger partial charge in [-0.2, -0.15) is 5.10 Å². The molecule has 24 heavy (non-hydrogen) atoms. The molecule has 4 heterocycles. The fourth-order valence-corrected chi connectivity index (χ4v) is 4.17. The minimum Gasteiger partial charge on any atom is -0.375 e. The molecular formula is C16H21N5O2S. The van der Waals surface area contributed by atoms with Crippen LogP contribution in [0.25, 0.3) is 0 Å². The summed E-state index contributed by atoms with van der Waals surface area (Å²) in [5, 5.41) is 8.02. The number of urea groups is 1. The van der Waals surface area contributed by atoms with Gasteiger partial charge in [-0.05, 0) is 25.3 Å². The molecule has 0 unspecified atom stereocenters. The fourth-order valence-electron chi connectivity index (χ4n) is 3.24. The number of ether oxygens (including phenoxy) is 1. The van der Waals surface area contributed by atoms with Gasteiger partial charge in [0.15, 0.2) is 5.13 Å². The molecule has 4 rings (SSSR count). The molecule has 0 spiro atoms. The number of carbonyl (C=O) groups excluding carboxylic acids is 1. The lowest BCUT2D eigenvalue weighted by molar-refractivity contribution is 0.112. The van der Waals surface area contributed by atoms with E-state index in [1.54, 1.807) is 0 Å². The van der Waals surface area contributed by atoms with Gasteiger partial charge in [0, 0.05) is 25.7 Å². The highest BCUT2D eigenvalue weighted by Crippen LogP contribution is 2.28. The van der Waals surface area contributed by atoms with Crippen molar-refractivity contribution in [3.05, 3.63) is 28.5 Å². The molecule has 2 aliphatic rings. The number of hydrogen-bond donors (Lipinski definition) is 1. The van der Waals surface area contributed by atoms with Crippen LogP contribution in [0.4, 0.5) is 9.93 Å². The Morgan fingerprint density at radius 2 is 2.42 bits per heavy atom. The Morgan fingerprint density at radius 1 is 1.50 bits per heavy atom. The molecule has 128 valence electrons. The van der Waals surface area contributed by atoms with E-state index in [2.05, 4.69) is 15.4 Å². The van der Waals surface area contributed by atoms with Gasteiger partial charge >= 0.3 is 6.03 Å². The minimum absolute atomic E-state index is 0.0735. The first-order valence-corrected chi connectivity index (χ1v) is 9.14. The summed E-state index contributed by atoms with van der Waals surface area (Å²) in [4.78, 5) is 20.1. The van der Waals surface area contributed by atoms with Crippen molar-refractivity contribution in [3.63, 3.8) is 0 Å². The Morgan fingerprint density at radius 3 is 3.21 bits per heavy atom. The molecule has 1 fully saturated rings. The van der Waals surface area contributed by atoms with E-state index in [4.69, 9.17) is 4.74 Å². The number of hydrogen-bond acceptors (Lipinski definition) is 5. The van der Waals surface area contributed by atoms with Crippen molar-refractivity contribution >= 4 is 22.5 Å². The molecule has 1 atom stereocenters. The summed E-state index contributed by atoms with van der Waals surface area (Å²) >= 11 is 1.52. The van der Waals surface area contributed by atoms with Crippen LogP contribution >= 0.6 is 11.3 Å². The quantitative estimate of drug-likeness (QED) is 0.906. The third-order valence-corrected chi connectivity index (χ3v) is 5.48. The van der Waals surface area contributed by atoms with Crippen molar-refractivity contribution in [2.45, 2.75) is 38.8 Å². The molecule has 0 saturated carbocycles. The number of carbonyl (C=O) groups is 1. The number of aromatic nitrogens is 3. The van der Waals surface area contributed by atoms with Gasteiger partial charge in [0.2, 0.25) is 0 Å². The summed E-state index contributed by atoms with van der Waals surface area (Å²) < 4.78 is 7.41. The van der Waals surface area contributed by atoms with Crippen LogP contribution in [0.5, 0.6) is 0 Å². The number of anilines is 1. The second kappa shape index (κ2) is 6.52. The zero-order chi connectivity index (χ0) is 16.5. The van der Waals surface area contributed by atoms with E-state index in [0.717, 1.165) is 41.9 Å². The summed E-state index contributed by atoms with van der Waals surface area (Å²) in [6, 6.07) is 0.173. The van der Waals surface area contributed by atoms with E-state index >= 15 is 0 Å². The van der Waals surface area contributed by atoms with Crippen LogP contribution in [-0.2, 0) is 17.8 Å². The molecule has 0 aromatic carbocycles. The van der Waals surface area contributed by atoms with Gasteiger partial charge in [-0.3, -0.25) is 10.00 Å². The number of amides is 2. The number of rotatable bonds is 2. The van der Waals surface area contributed by atoms with Crippen molar-refractivity contribution in [2.75, 3.05) is 25.0 Å². The summed E-state index contributed by atoms with van der Waals surface area (Å²) in [7, 11) is 0. The lowest BCUT2D eigenvalue weighted by Crippen LogP contribution is -2.43. The van der Waals surface area contributed by atoms with Crippen molar-refractivity contribution in [3.8, 4) is 0 Å². The van der Waals surface area contributed by atoms with E-state index in [1.165, 1.54) is 11.3 Å². The summed E-state index contributed by atoms with van der Waals surface area (Å²) in [6.45, 7) is 4.80. The van der Waals surface area contributed by atoms with Gasteiger partial charge in [0.05, 0.1) is 36.0 Å². The second-order valence-electron chi connectivity index (χ2n) is 6.36. The predicted molar refractivity (Wildman–Crippen MR) is 91.3 cm³/mol. The predicted octanol–water partition coefficient (Wildman–Crippen LogP) is 2.59. The van der Waals surface area contributed by atoms with Crippen molar-refractivity contribution in [1.29, 1.82) is 0 Å². The Bertz CT molecular complexity index is 717. The van der Waals surface area contributed by atoms with Crippen molar-refractivity contribution in [2.24, 2.45) is 0 Å². The highest BCUT2D eigenvalue weighted by molar-refractivity contribution is 7.15. The summed E-state index contributed by atoms with van der Waals surface area (Å²) in [5.74, 6) is 0. The van der Waals surface area contributed by atoms with Gasteiger partial charge in [-0.1, -0.05) is 11.3 Å². The molecule has 1 N–H and O–H groups in total. The molecule has 1 saturated heterocycles. The normalized spacial score (nSPS) is 20.7. The van der Waals surface area contributed by atoms with Gasteiger partial charge in [0.1, 0.15) is 0 Å². The van der Waals surface area contributed by atoms with Crippen molar-refractivity contribution < 1.29 is 9.53 Å². The maximum Gasteiger partial charge on any atom is 0.323 e. The fraction of sp³-hybridized carbons (Fsp3) is 0.562. The van der Waals surface area contributed by atoms with E-state index < -0.39 is 0 Å². The maximum absolute atomic E-state index is 12.6. The smallest absolute Gasteiger partial charge is 0.323 e. The Hall–Kier alpha value is -1.93. The SMILES string of the molecule is Cc1cnn([C@@H]2CCCN(C(=O)Nc3nc4c(s3)COCC4)C2)c1. The standard InChI is InChI=1S/C16H21N5O2S/c1-11-7-17-21(8-11)12-3-2-5-20(9-12)16(22)19-15-18-13-4-6-23-10-14(13)24-15/h7-8,12H,2-6,9-10H2,1H3,(H,18,19,22)/t12-/m1/s1. The third-order valence-electron chi connectivity index (χ3n) is 4.50. The number of thiazole rings is 1. The van der Waals surface area contributed by atoms with Crippen LogP contribution < -0.4 is 5.32 Å². The van der Waals surface area contributed by atoms with Crippen molar-refractivity contribution in [1.82, 2.24) is 19.7 Å². The van der Waals surface area contributed by atoms with Crippen LogP contribution in [0.2, 0.25) is 0 Å². The largest absolute Gasteiger partial charge is 0.375 e. The van der Waals surface area contributed by atoms with Crippen LogP contribution in [0.15, 0.2) is 12.4 Å². The third kappa shape index (κ3) is 3.16. The maximum atomic E-state index is 12.6. The number of fused-ring (bicyclic) bond motifs is 1. The monoisotopic (exact) mass is 347 g/mol. The topological polar surface area (TPSA) is 72.3 Å². The van der Waals surface area contributed by atoms with Gasteiger partial charge in [-0.25, -0.2) is 9.78 Å². The molecule has 0 bridgehead atoms. The zero-order valence-corrected chi connectivity index (χ0v) is 14.5. The lowest BCUT2D eigenvalue weighted by atomic mass is 10.1. The minimum atomic E-state index is -0.0735. The van der Waals surface area contributed by atoms with Crippen LogP contribution in [0, 0.1) is 6.92 Å². The van der Waals surface area contributed by atoms with Gasteiger partial charge in [-0.15, -0.1) is 0 Å². The number of likely N-dealkylation sites (tertiary alicyclic amines) is 1. The van der Waals surface area contributed by atoms with Crippen LogP contribution in [-0.4, -0.2) is 45.4 Å². The molecular weight excluding hydrogens is 326 g/mol. The summed E-state index contributed by atoms with van der Waals surface area (Å²) in [5.41, 5.74) is 2.21. The molecule has 2 aromatic heterocycles. The zero-order valence-electron chi connectivity index (χ0n) is 13.7. The highest BCUT2D eigenvalue weighted by atomic mass is 32.1. The van der Waals surface area contributed by atoms with E-state index in [0.29, 0.717) is 24.9 Å². The molecule has 8 heteroatoms. The van der Waals surface area contributed by atoms with Crippen LogP contribution in [0.1, 0.15) is 35.0 Å². The molecule has 7 nitrogen and oxygen atoms in total.